The van der Waals surface area contributed by atoms with Gasteiger partial charge in [0.2, 0.25) is 0 Å². The van der Waals surface area contributed by atoms with Gasteiger partial charge in [0.05, 0.1) is 5.69 Å². The molecule has 0 saturated heterocycles. The molecule has 0 aliphatic heterocycles. The van der Waals surface area contributed by atoms with Crippen molar-refractivity contribution in [2.75, 3.05) is 0 Å². The van der Waals surface area contributed by atoms with Crippen molar-refractivity contribution in [1.82, 2.24) is 9.78 Å². The maximum absolute atomic E-state index is 4.47. The summed E-state index contributed by atoms with van der Waals surface area (Å²) >= 11 is 0. The lowest BCUT2D eigenvalue weighted by Gasteiger charge is -2.05. The molecule has 2 heteroatoms. The van der Waals surface area contributed by atoms with Crippen molar-refractivity contribution >= 4 is 0 Å². The molecule has 0 N–H and O–H groups in total. The quantitative estimate of drug-likeness (QED) is 0.705. The molecule has 1 rings (SSSR count). The van der Waals surface area contributed by atoms with E-state index in [1.807, 2.05) is 13.8 Å². The van der Waals surface area contributed by atoms with E-state index in [1.54, 1.807) is 0 Å². The third-order valence-electron chi connectivity index (χ3n) is 2.31. The summed E-state index contributed by atoms with van der Waals surface area (Å²) in [7, 11) is 0. The Balaban J connectivity index is 0.000000791. The zero-order valence-corrected chi connectivity index (χ0v) is 10.7. The number of nitrogens with zero attached hydrogens (tertiary/aromatic N) is 2. The van der Waals surface area contributed by atoms with Gasteiger partial charge in [0, 0.05) is 12.2 Å². The zero-order chi connectivity index (χ0) is 11.3. The Morgan fingerprint density at radius 3 is 1.93 bits per heavy atom. The zero-order valence-electron chi connectivity index (χ0n) is 10.7. The van der Waals surface area contributed by atoms with Crippen LogP contribution in [0.15, 0.2) is 0 Å². The van der Waals surface area contributed by atoms with Crippen molar-refractivity contribution in [2.45, 2.75) is 60.9 Å². The molecular formula is C12H24N2. The van der Waals surface area contributed by atoms with Crippen molar-refractivity contribution in [1.29, 1.82) is 0 Å². The topological polar surface area (TPSA) is 17.8 Å². The molecule has 0 atom stereocenters. The molecular weight excluding hydrogens is 172 g/mol. The molecule has 0 aliphatic rings. The van der Waals surface area contributed by atoms with E-state index in [1.165, 1.54) is 17.0 Å². The molecule has 0 unspecified atom stereocenters. The Kier molecular flexibility index (Phi) is 5.51. The van der Waals surface area contributed by atoms with Gasteiger partial charge in [-0.3, -0.25) is 4.68 Å². The fourth-order valence-electron chi connectivity index (χ4n) is 1.85. The fraction of sp³-hybridized carbons (Fsp3) is 0.750. The van der Waals surface area contributed by atoms with Crippen LogP contribution >= 0.6 is 0 Å². The van der Waals surface area contributed by atoms with Gasteiger partial charge in [-0.05, 0) is 32.3 Å². The summed E-state index contributed by atoms with van der Waals surface area (Å²) in [4.78, 5) is 0. The number of hydrogen-bond acceptors (Lipinski definition) is 1. The van der Waals surface area contributed by atoms with Crippen LogP contribution in [-0.2, 0) is 6.54 Å². The lowest BCUT2D eigenvalue weighted by molar-refractivity contribution is 0.632. The van der Waals surface area contributed by atoms with Gasteiger partial charge in [0.1, 0.15) is 0 Å². The molecule has 0 saturated carbocycles. The van der Waals surface area contributed by atoms with Crippen LogP contribution in [0.3, 0.4) is 0 Å². The van der Waals surface area contributed by atoms with E-state index in [2.05, 4.69) is 44.4 Å². The van der Waals surface area contributed by atoms with Crippen molar-refractivity contribution in [3.63, 3.8) is 0 Å². The normalized spacial score (nSPS) is 10.0. The van der Waals surface area contributed by atoms with Gasteiger partial charge in [0.25, 0.3) is 0 Å². The summed E-state index contributed by atoms with van der Waals surface area (Å²) in [5.74, 6) is 0.588. The van der Waals surface area contributed by atoms with Crippen LogP contribution in [0.2, 0.25) is 0 Å². The summed E-state index contributed by atoms with van der Waals surface area (Å²) in [5, 5.41) is 4.47. The minimum atomic E-state index is 0.588. The first kappa shape index (κ1) is 13.2. The monoisotopic (exact) mass is 196 g/mol. The first-order chi connectivity index (χ1) is 6.57. The van der Waals surface area contributed by atoms with Crippen LogP contribution in [0.1, 0.15) is 57.5 Å². The third-order valence-corrected chi connectivity index (χ3v) is 2.31. The standard InChI is InChI=1S/C10H18N2.C2H6/c1-6-12-9(5)10(7(2)3)8(4)11-12;1-2/h7H,6H2,1-5H3;1-2H3. The molecule has 0 fully saturated rings. The second-order valence-corrected chi connectivity index (χ2v) is 3.55. The molecule has 0 spiro atoms. The molecule has 1 aromatic rings. The van der Waals surface area contributed by atoms with E-state index < -0.39 is 0 Å². The third kappa shape index (κ3) is 2.60. The van der Waals surface area contributed by atoms with Crippen LogP contribution in [0.25, 0.3) is 0 Å². The molecule has 1 aromatic heterocycles. The van der Waals surface area contributed by atoms with Crippen LogP contribution < -0.4 is 0 Å². The maximum Gasteiger partial charge on any atom is 0.0631 e. The second kappa shape index (κ2) is 5.84. The SMILES string of the molecule is CC.CCn1nc(C)c(C(C)C)c1C. The van der Waals surface area contributed by atoms with Gasteiger partial charge in [-0.1, -0.05) is 27.7 Å². The molecule has 0 aliphatic carbocycles. The number of aryl methyl sites for hydroxylation is 2. The van der Waals surface area contributed by atoms with E-state index in [0.717, 1.165) is 6.54 Å². The van der Waals surface area contributed by atoms with Gasteiger partial charge >= 0.3 is 0 Å². The molecule has 0 aromatic carbocycles. The fourth-order valence-corrected chi connectivity index (χ4v) is 1.85. The average molecular weight is 196 g/mol. The molecule has 82 valence electrons. The molecule has 0 radical (unpaired) electrons. The largest absolute Gasteiger partial charge is 0.270 e. The van der Waals surface area contributed by atoms with E-state index in [0.29, 0.717) is 5.92 Å². The maximum atomic E-state index is 4.47. The van der Waals surface area contributed by atoms with Crippen molar-refractivity contribution in [3.05, 3.63) is 17.0 Å². The lowest BCUT2D eigenvalue weighted by atomic mass is 10.0. The Morgan fingerprint density at radius 2 is 1.71 bits per heavy atom. The second-order valence-electron chi connectivity index (χ2n) is 3.55. The van der Waals surface area contributed by atoms with Gasteiger partial charge < -0.3 is 0 Å². The highest BCUT2D eigenvalue weighted by atomic mass is 15.3. The first-order valence-electron chi connectivity index (χ1n) is 5.61. The highest BCUT2D eigenvalue weighted by Gasteiger charge is 2.12. The predicted octanol–water partition coefficient (Wildman–Crippen LogP) is 3.67. The van der Waals surface area contributed by atoms with E-state index >= 15 is 0 Å². The summed E-state index contributed by atoms with van der Waals surface area (Å²) in [6.07, 6.45) is 0. The average Bonchev–Trinajstić information content (AvgIpc) is 2.44. The number of aromatic nitrogens is 2. The summed E-state index contributed by atoms with van der Waals surface area (Å²) in [5.41, 5.74) is 3.92. The minimum Gasteiger partial charge on any atom is -0.270 e. The first-order valence-corrected chi connectivity index (χ1v) is 5.61. The Morgan fingerprint density at radius 1 is 1.21 bits per heavy atom. The van der Waals surface area contributed by atoms with Crippen LogP contribution in [0.4, 0.5) is 0 Å². The predicted molar refractivity (Wildman–Crippen MR) is 62.8 cm³/mol. The van der Waals surface area contributed by atoms with E-state index in [9.17, 15) is 0 Å². The molecule has 0 bridgehead atoms. The van der Waals surface area contributed by atoms with Gasteiger partial charge in [-0.25, -0.2) is 0 Å². The Bertz CT molecular complexity index is 272. The highest BCUT2D eigenvalue weighted by molar-refractivity contribution is 5.27. The van der Waals surface area contributed by atoms with Crippen LogP contribution in [0, 0.1) is 13.8 Å². The molecule has 1 heterocycles. The van der Waals surface area contributed by atoms with E-state index in [4.69, 9.17) is 0 Å². The van der Waals surface area contributed by atoms with Gasteiger partial charge in [0.15, 0.2) is 0 Å². The van der Waals surface area contributed by atoms with Crippen LogP contribution in [-0.4, -0.2) is 9.78 Å². The van der Waals surface area contributed by atoms with Crippen LogP contribution in [0.5, 0.6) is 0 Å². The van der Waals surface area contributed by atoms with Crippen molar-refractivity contribution < 1.29 is 0 Å². The Hall–Kier alpha value is -0.790. The number of rotatable bonds is 2. The molecule has 2 nitrogen and oxygen atoms in total. The smallest absolute Gasteiger partial charge is 0.0631 e. The lowest BCUT2D eigenvalue weighted by Crippen LogP contribution is -1.99. The summed E-state index contributed by atoms with van der Waals surface area (Å²) in [6.45, 7) is 15.8. The molecule has 14 heavy (non-hydrogen) atoms. The minimum absolute atomic E-state index is 0.588. The summed E-state index contributed by atoms with van der Waals surface area (Å²) < 4.78 is 2.07. The van der Waals surface area contributed by atoms with Crippen molar-refractivity contribution in [3.8, 4) is 0 Å². The van der Waals surface area contributed by atoms with Crippen molar-refractivity contribution in [2.24, 2.45) is 0 Å². The van der Waals surface area contributed by atoms with E-state index in [-0.39, 0.29) is 0 Å². The van der Waals surface area contributed by atoms with Gasteiger partial charge in [-0.15, -0.1) is 0 Å². The summed E-state index contributed by atoms with van der Waals surface area (Å²) in [6, 6.07) is 0. The number of hydrogen-bond donors (Lipinski definition) is 0. The van der Waals surface area contributed by atoms with Gasteiger partial charge in [-0.2, -0.15) is 5.10 Å². The molecule has 0 amide bonds. The highest BCUT2D eigenvalue weighted by Crippen LogP contribution is 2.22. The Labute approximate surface area is 88.3 Å².